The van der Waals surface area contributed by atoms with E-state index in [0.717, 1.165) is 24.2 Å². The van der Waals surface area contributed by atoms with Crippen LogP contribution in [0.5, 0.6) is 5.75 Å². The fourth-order valence-corrected chi connectivity index (χ4v) is 2.65. The Morgan fingerprint density at radius 1 is 1.09 bits per heavy atom. The van der Waals surface area contributed by atoms with Gasteiger partial charge in [-0.15, -0.1) is 0 Å². The zero-order chi connectivity index (χ0) is 16.1. The van der Waals surface area contributed by atoms with Crippen LogP contribution in [-0.4, -0.2) is 12.5 Å². The summed E-state index contributed by atoms with van der Waals surface area (Å²) >= 11 is 0. The lowest BCUT2D eigenvalue weighted by atomic mass is 10.0. The normalized spacial score (nSPS) is 15.0. The van der Waals surface area contributed by atoms with Crippen molar-refractivity contribution in [3.8, 4) is 5.75 Å². The summed E-state index contributed by atoms with van der Waals surface area (Å²) in [6.45, 7) is 0.515. The molecular formula is C19H20FNO2. The van der Waals surface area contributed by atoms with Crippen LogP contribution in [-0.2, 0) is 10.3 Å². The van der Waals surface area contributed by atoms with E-state index in [4.69, 9.17) is 4.74 Å². The molecule has 0 aromatic heterocycles. The molecule has 0 spiro atoms. The highest BCUT2D eigenvalue weighted by Crippen LogP contribution is 2.45. The predicted octanol–water partition coefficient (Wildman–Crippen LogP) is 3.79. The van der Waals surface area contributed by atoms with Crippen LogP contribution in [0.2, 0.25) is 0 Å². The molecule has 0 radical (unpaired) electrons. The number of rotatable bonds is 7. The van der Waals surface area contributed by atoms with Crippen LogP contribution in [0.1, 0.15) is 31.2 Å². The van der Waals surface area contributed by atoms with E-state index < -0.39 is 0 Å². The third-order valence-electron chi connectivity index (χ3n) is 4.09. The third kappa shape index (κ3) is 4.09. The number of hydrogen-bond acceptors (Lipinski definition) is 2. The predicted molar refractivity (Wildman–Crippen MR) is 86.6 cm³/mol. The monoisotopic (exact) mass is 313 g/mol. The highest BCUT2D eigenvalue weighted by Gasteiger charge is 2.45. The van der Waals surface area contributed by atoms with E-state index in [0.29, 0.717) is 19.4 Å². The molecule has 2 aromatic carbocycles. The molecule has 4 heteroatoms. The second-order valence-corrected chi connectivity index (χ2v) is 5.90. The Morgan fingerprint density at radius 3 is 2.43 bits per heavy atom. The summed E-state index contributed by atoms with van der Waals surface area (Å²) in [4.78, 5) is 12.1. The van der Waals surface area contributed by atoms with Gasteiger partial charge in [0.2, 0.25) is 5.91 Å². The second-order valence-electron chi connectivity index (χ2n) is 5.90. The topological polar surface area (TPSA) is 38.3 Å². The lowest BCUT2D eigenvalue weighted by Crippen LogP contribution is -2.34. The number of benzene rings is 2. The highest BCUT2D eigenvalue weighted by atomic mass is 19.1. The van der Waals surface area contributed by atoms with Crippen molar-refractivity contribution in [1.82, 2.24) is 5.32 Å². The second kappa shape index (κ2) is 6.82. The lowest BCUT2D eigenvalue weighted by Gasteiger charge is -2.18. The first-order valence-corrected chi connectivity index (χ1v) is 7.93. The van der Waals surface area contributed by atoms with Crippen molar-refractivity contribution < 1.29 is 13.9 Å². The van der Waals surface area contributed by atoms with Gasteiger partial charge < -0.3 is 10.1 Å². The molecule has 1 aliphatic rings. The Hall–Kier alpha value is -2.36. The Balaban J connectivity index is 1.43. The average molecular weight is 313 g/mol. The van der Waals surface area contributed by atoms with Gasteiger partial charge in [-0.3, -0.25) is 4.79 Å². The zero-order valence-electron chi connectivity index (χ0n) is 12.9. The van der Waals surface area contributed by atoms with Gasteiger partial charge in [-0.1, -0.05) is 30.3 Å². The zero-order valence-corrected chi connectivity index (χ0v) is 12.9. The molecule has 0 unspecified atom stereocenters. The number of halogens is 1. The quantitative estimate of drug-likeness (QED) is 0.790. The molecule has 1 N–H and O–H groups in total. The molecule has 1 aliphatic carbocycles. The van der Waals surface area contributed by atoms with Crippen LogP contribution in [0.4, 0.5) is 4.39 Å². The summed E-state index contributed by atoms with van der Waals surface area (Å²) in [5.74, 6) is 0.579. The van der Waals surface area contributed by atoms with Crippen molar-refractivity contribution >= 4 is 5.91 Å². The Labute approximate surface area is 135 Å². The first-order valence-electron chi connectivity index (χ1n) is 7.93. The number of carbonyl (C=O) groups is 1. The third-order valence-corrected chi connectivity index (χ3v) is 4.09. The van der Waals surface area contributed by atoms with Gasteiger partial charge in [0.1, 0.15) is 11.6 Å². The first kappa shape index (κ1) is 15.5. The van der Waals surface area contributed by atoms with E-state index in [1.54, 1.807) is 12.1 Å². The summed E-state index contributed by atoms with van der Waals surface area (Å²) in [6, 6.07) is 15.9. The molecule has 3 nitrogen and oxygen atoms in total. The maximum Gasteiger partial charge on any atom is 0.220 e. The van der Waals surface area contributed by atoms with Crippen molar-refractivity contribution in [1.29, 1.82) is 0 Å². The Bertz CT molecular complexity index is 651. The van der Waals surface area contributed by atoms with Crippen LogP contribution >= 0.6 is 0 Å². The van der Waals surface area contributed by atoms with Crippen molar-refractivity contribution in [2.75, 3.05) is 6.61 Å². The summed E-state index contributed by atoms with van der Waals surface area (Å²) in [7, 11) is 0. The fourth-order valence-electron chi connectivity index (χ4n) is 2.65. The molecule has 0 bridgehead atoms. The van der Waals surface area contributed by atoms with Crippen molar-refractivity contribution in [2.24, 2.45) is 0 Å². The number of ether oxygens (including phenoxy) is 1. The van der Waals surface area contributed by atoms with Gasteiger partial charge in [0, 0.05) is 6.42 Å². The highest BCUT2D eigenvalue weighted by molar-refractivity contribution is 5.77. The molecule has 1 amide bonds. The minimum absolute atomic E-state index is 0.0171. The number of carbonyl (C=O) groups excluding carboxylic acids is 1. The molecule has 0 atom stereocenters. The molecule has 1 saturated carbocycles. The number of para-hydroxylation sites is 1. The van der Waals surface area contributed by atoms with E-state index in [1.807, 2.05) is 30.3 Å². The van der Waals surface area contributed by atoms with Crippen molar-refractivity contribution in [2.45, 2.75) is 31.2 Å². The van der Waals surface area contributed by atoms with Gasteiger partial charge >= 0.3 is 0 Å². The van der Waals surface area contributed by atoms with Crippen LogP contribution < -0.4 is 10.1 Å². The molecule has 0 heterocycles. The largest absolute Gasteiger partial charge is 0.494 e. The molecule has 23 heavy (non-hydrogen) atoms. The molecule has 0 saturated heterocycles. The van der Waals surface area contributed by atoms with Crippen molar-refractivity contribution in [3.63, 3.8) is 0 Å². The molecule has 3 rings (SSSR count). The Morgan fingerprint density at radius 2 is 1.78 bits per heavy atom. The van der Waals surface area contributed by atoms with E-state index in [-0.39, 0.29) is 17.3 Å². The van der Waals surface area contributed by atoms with E-state index >= 15 is 0 Å². The standard InChI is InChI=1S/C19H20FNO2/c20-16-10-8-15(9-11-16)19(12-13-19)21-18(22)7-4-14-23-17-5-2-1-3-6-17/h1-3,5-6,8-11H,4,7,12-14H2,(H,21,22). The van der Waals surface area contributed by atoms with E-state index in [2.05, 4.69) is 5.32 Å². The summed E-state index contributed by atoms with van der Waals surface area (Å²) in [5, 5.41) is 3.08. The summed E-state index contributed by atoms with van der Waals surface area (Å²) < 4.78 is 18.6. The smallest absolute Gasteiger partial charge is 0.220 e. The Kier molecular flexibility index (Phi) is 4.60. The van der Waals surface area contributed by atoms with Gasteiger partial charge in [0.25, 0.3) is 0 Å². The van der Waals surface area contributed by atoms with Gasteiger partial charge in [-0.25, -0.2) is 4.39 Å². The van der Waals surface area contributed by atoms with E-state index in [9.17, 15) is 9.18 Å². The van der Waals surface area contributed by atoms with Gasteiger partial charge in [0.15, 0.2) is 0 Å². The van der Waals surface area contributed by atoms with Gasteiger partial charge in [0.05, 0.1) is 12.1 Å². The van der Waals surface area contributed by atoms with Gasteiger partial charge in [-0.2, -0.15) is 0 Å². The van der Waals surface area contributed by atoms with Crippen LogP contribution in [0, 0.1) is 5.82 Å². The fraction of sp³-hybridized carbons (Fsp3) is 0.316. The van der Waals surface area contributed by atoms with E-state index in [1.165, 1.54) is 12.1 Å². The molecular weight excluding hydrogens is 293 g/mol. The minimum atomic E-state index is -0.287. The SMILES string of the molecule is O=C(CCCOc1ccccc1)NC1(c2ccc(F)cc2)CC1. The maximum atomic E-state index is 13.0. The molecule has 120 valence electrons. The average Bonchev–Trinajstić information content (AvgIpc) is 3.34. The number of amides is 1. The molecule has 2 aromatic rings. The molecule has 0 aliphatic heterocycles. The van der Waals surface area contributed by atoms with Crippen LogP contribution in [0.25, 0.3) is 0 Å². The summed E-state index contributed by atoms with van der Waals surface area (Å²) in [5.41, 5.74) is 0.693. The lowest BCUT2D eigenvalue weighted by molar-refractivity contribution is -0.122. The van der Waals surface area contributed by atoms with Gasteiger partial charge in [-0.05, 0) is 49.1 Å². The maximum absolute atomic E-state index is 13.0. The van der Waals surface area contributed by atoms with Crippen LogP contribution in [0.15, 0.2) is 54.6 Å². The minimum Gasteiger partial charge on any atom is -0.494 e. The number of nitrogens with one attached hydrogen (secondary N) is 1. The summed E-state index contributed by atoms with van der Waals surface area (Å²) in [6.07, 6.45) is 2.91. The number of hydrogen-bond donors (Lipinski definition) is 1. The van der Waals surface area contributed by atoms with Crippen molar-refractivity contribution in [3.05, 3.63) is 66.0 Å². The first-order chi connectivity index (χ1) is 11.2. The molecule has 1 fully saturated rings. The van der Waals surface area contributed by atoms with Crippen LogP contribution in [0.3, 0.4) is 0 Å².